The Labute approximate surface area is 153 Å². The fourth-order valence-electron chi connectivity index (χ4n) is 4.62. The summed E-state index contributed by atoms with van der Waals surface area (Å²) in [5.74, 6) is 0. The van der Waals surface area contributed by atoms with Crippen LogP contribution in [-0.4, -0.2) is 47.3 Å². The van der Waals surface area contributed by atoms with Gasteiger partial charge in [-0.15, -0.1) is 0 Å². The first-order chi connectivity index (χ1) is 12.5. The van der Waals surface area contributed by atoms with E-state index in [0.29, 0.717) is 24.9 Å². The second-order valence-electron chi connectivity index (χ2n) is 7.86. The SMILES string of the molecule is CCn1cc(CN2[C@H]3CC[C@H]2CC(O)(Cn2nc(C)ccc2=O)C3)cn1. The summed E-state index contributed by atoms with van der Waals surface area (Å²) in [6.07, 6.45) is 7.63. The predicted molar refractivity (Wildman–Crippen MR) is 97.7 cm³/mol. The van der Waals surface area contributed by atoms with Crippen LogP contribution in [0.3, 0.4) is 0 Å². The number of piperidine rings is 1. The third-order valence-electron chi connectivity index (χ3n) is 5.82. The molecule has 2 bridgehead atoms. The summed E-state index contributed by atoms with van der Waals surface area (Å²) in [5, 5.41) is 19.9. The molecule has 0 spiro atoms. The molecule has 2 aromatic rings. The van der Waals surface area contributed by atoms with Crippen LogP contribution in [-0.2, 0) is 19.6 Å². The predicted octanol–water partition coefficient (Wildman–Crippen LogP) is 1.33. The maximum Gasteiger partial charge on any atom is 0.266 e. The molecule has 2 aliphatic rings. The van der Waals surface area contributed by atoms with E-state index in [1.165, 1.54) is 16.3 Å². The molecule has 0 unspecified atom stereocenters. The molecular weight excluding hydrogens is 330 g/mol. The van der Waals surface area contributed by atoms with E-state index in [2.05, 4.69) is 28.2 Å². The fourth-order valence-corrected chi connectivity index (χ4v) is 4.62. The van der Waals surface area contributed by atoms with Crippen LogP contribution in [0.5, 0.6) is 0 Å². The van der Waals surface area contributed by atoms with Gasteiger partial charge in [0, 0.05) is 43.0 Å². The lowest BCUT2D eigenvalue weighted by Gasteiger charge is -2.43. The summed E-state index contributed by atoms with van der Waals surface area (Å²) in [5.41, 5.74) is 1.01. The minimum atomic E-state index is -0.861. The van der Waals surface area contributed by atoms with Crippen LogP contribution < -0.4 is 5.56 Å². The van der Waals surface area contributed by atoms with Crippen LogP contribution in [0.1, 0.15) is 43.9 Å². The van der Waals surface area contributed by atoms with Gasteiger partial charge in [-0.05, 0) is 45.6 Å². The Morgan fingerprint density at radius 2 is 2.00 bits per heavy atom. The van der Waals surface area contributed by atoms with E-state index in [4.69, 9.17) is 0 Å². The van der Waals surface area contributed by atoms with Crippen LogP contribution in [0.4, 0.5) is 0 Å². The molecule has 2 atom stereocenters. The average molecular weight is 357 g/mol. The highest BCUT2D eigenvalue weighted by Gasteiger charge is 2.47. The largest absolute Gasteiger partial charge is 0.388 e. The Morgan fingerprint density at radius 1 is 1.27 bits per heavy atom. The van der Waals surface area contributed by atoms with Crippen molar-refractivity contribution in [3.8, 4) is 0 Å². The molecule has 7 heteroatoms. The molecule has 0 aliphatic carbocycles. The summed E-state index contributed by atoms with van der Waals surface area (Å²) >= 11 is 0. The van der Waals surface area contributed by atoms with Crippen molar-refractivity contribution < 1.29 is 5.11 Å². The molecule has 7 nitrogen and oxygen atoms in total. The number of rotatable bonds is 5. The van der Waals surface area contributed by atoms with Gasteiger partial charge in [0.15, 0.2) is 0 Å². The smallest absolute Gasteiger partial charge is 0.266 e. The Kier molecular flexibility index (Phi) is 4.44. The molecule has 2 fully saturated rings. The van der Waals surface area contributed by atoms with Crippen molar-refractivity contribution in [3.63, 3.8) is 0 Å². The zero-order valence-electron chi connectivity index (χ0n) is 15.5. The summed E-state index contributed by atoms with van der Waals surface area (Å²) in [7, 11) is 0. The van der Waals surface area contributed by atoms with Gasteiger partial charge in [0.1, 0.15) is 0 Å². The van der Waals surface area contributed by atoms with Crippen LogP contribution in [0.15, 0.2) is 29.3 Å². The van der Waals surface area contributed by atoms with Crippen LogP contribution in [0.2, 0.25) is 0 Å². The van der Waals surface area contributed by atoms with Gasteiger partial charge in [0.2, 0.25) is 0 Å². The second kappa shape index (κ2) is 6.63. The number of fused-ring (bicyclic) bond motifs is 2. The van der Waals surface area contributed by atoms with Gasteiger partial charge in [-0.25, -0.2) is 4.68 Å². The van der Waals surface area contributed by atoms with Gasteiger partial charge in [-0.1, -0.05) is 0 Å². The molecule has 4 heterocycles. The fraction of sp³-hybridized carbons (Fsp3) is 0.632. The zero-order valence-corrected chi connectivity index (χ0v) is 15.5. The van der Waals surface area contributed by atoms with E-state index in [1.54, 1.807) is 6.07 Å². The molecule has 0 radical (unpaired) electrons. The summed E-state index contributed by atoms with van der Waals surface area (Å²) in [6, 6.07) is 3.94. The van der Waals surface area contributed by atoms with E-state index >= 15 is 0 Å². The number of aromatic nitrogens is 4. The van der Waals surface area contributed by atoms with Crippen molar-refractivity contribution in [1.29, 1.82) is 0 Å². The van der Waals surface area contributed by atoms with Gasteiger partial charge >= 0.3 is 0 Å². The van der Waals surface area contributed by atoms with Crippen molar-refractivity contribution in [2.75, 3.05) is 0 Å². The number of hydrogen-bond acceptors (Lipinski definition) is 5. The maximum absolute atomic E-state index is 12.1. The minimum absolute atomic E-state index is 0.147. The Bertz CT molecular complexity index is 828. The lowest BCUT2D eigenvalue weighted by atomic mass is 9.85. The first-order valence-corrected chi connectivity index (χ1v) is 9.50. The molecule has 2 aromatic heterocycles. The molecule has 1 N–H and O–H groups in total. The van der Waals surface area contributed by atoms with Gasteiger partial charge in [-0.2, -0.15) is 10.2 Å². The molecule has 2 aliphatic heterocycles. The van der Waals surface area contributed by atoms with Gasteiger partial charge < -0.3 is 5.11 Å². The van der Waals surface area contributed by atoms with Crippen molar-refractivity contribution in [1.82, 2.24) is 24.5 Å². The minimum Gasteiger partial charge on any atom is -0.388 e. The molecule has 0 saturated carbocycles. The summed E-state index contributed by atoms with van der Waals surface area (Å²) in [6.45, 7) is 5.99. The number of aryl methyl sites for hydroxylation is 2. The highest BCUT2D eigenvalue weighted by Crippen LogP contribution is 2.42. The van der Waals surface area contributed by atoms with Crippen LogP contribution >= 0.6 is 0 Å². The quantitative estimate of drug-likeness (QED) is 0.874. The molecule has 2 saturated heterocycles. The summed E-state index contributed by atoms with van der Waals surface area (Å²) < 4.78 is 3.38. The lowest BCUT2D eigenvalue weighted by molar-refractivity contribution is -0.0677. The highest BCUT2D eigenvalue weighted by molar-refractivity contribution is 5.09. The van der Waals surface area contributed by atoms with Crippen molar-refractivity contribution in [2.24, 2.45) is 0 Å². The van der Waals surface area contributed by atoms with Gasteiger partial charge in [0.25, 0.3) is 5.56 Å². The van der Waals surface area contributed by atoms with Crippen molar-refractivity contribution >= 4 is 0 Å². The number of nitrogens with zero attached hydrogens (tertiary/aromatic N) is 5. The van der Waals surface area contributed by atoms with E-state index in [9.17, 15) is 9.90 Å². The monoisotopic (exact) mass is 357 g/mol. The highest BCUT2D eigenvalue weighted by atomic mass is 16.3. The van der Waals surface area contributed by atoms with E-state index in [-0.39, 0.29) is 12.1 Å². The Balaban J connectivity index is 1.48. The zero-order chi connectivity index (χ0) is 18.3. The molecule has 4 rings (SSSR count). The molecule has 0 amide bonds. The number of hydrogen-bond donors (Lipinski definition) is 1. The third-order valence-corrected chi connectivity index (χ3v) is 5.82. The van der Waals surface area contributed by atoms with Crippen LogP contribution in [0, 0.1) is 6.92 Å². The van der Waals surface area contributed by atoms with E-state index < -0.39 is 5.60 Å². The third kappa shape index (κ3) is 3.33. The first-order valence-electron chi connectivity index (χ1n) is 9.50. The van der Waals surface area contributed by atoms with Gasteiger partial charge in [0.05, 0.1) is 24.0 Å². The molecule has 26 heavy (non-hydrogen) atoms. The standard InChI is InChI=1S/C19H27N5O2/c1-3-22-11-15(10-20-22)12-23-16-5-6-17(23)9-19(26,8-16)13-24-18(25)7-4-14(2)21-24/h4,7,10-11,16-17,26H,3,5-6,8-9,12-13H2,1-2H3/t16-,17-/m0/s1. The second-order valence-corrected chi connectivity index (χ2v) is 7.86. The Morgan fingerprint density at radius 3 is 2.65 bits per heavy atom. The summed E-state index contributed by atoms with van der Waals surface area (Å²) in [4.78, 5) is 14.6. The van der Waals surface area contributed by atoms with E-state index in [1.807, 2.05) is 17.8 Å². The van der Waals surface area contributed by atoms with Gasteiger partial charge in [-0.3, -0.25) is 14.4 Å². The van der Waals surface area contributed by atoms with Crippen molar-refractivity contribution in [3.05, 3.63) is 46.1 Å². The maximum atomic E-state index is 12.1. The Hall–Kier alpha value is -1.99. The molecule has 0 aromatic carbocycles. The van der Waals surface area contributed by atoms with Crippen LogP contribution in [0.25, 0.3) is 0 Å². The molecule has 140 valence electrons. The average Bonchev–Trinajstić information content (AvgIpc) is 3.15. The molecular formula is C19H27N5O2. The van der Waals surface area contributed by atoms with E-state index in [0.717, 1.165) is 31.6 Å². The number of aliphatic hydroxyl groups is 1. The van der Waals surface area contributed by atoms with Crippen molar-refractivity contribution in [2.45, 2.75) is 76.8 Å². The normalized spacial score (nSPS) is 28.6. The topological polar surface area (TPSA) is 76.2 Å². The lowest BCUT2D eigenvalue weighted by Crippen LogP contribution is -2.53. The first kappa shape index (κ1) is 17.4.